The molecule has 0 aromatic rings. The monoisotopic (exact) mass is 277 g/mol. The number of nitrogens with one attached hydrogen (secondary N) is 1. The van der Waals surface area contributed by atoms with Gasteiger partial charge in [-0.2, -0.15) is 0 Å². The maximum absolute atomic E-state index is 11.7. The average Bonchev–Trinajstić information content (AvgIpc) is 2.09. The lowest BCUT2D eigenvalue weighted by molar-refractivity contribution is -0.142. The maximum atomic E-state index is 11.7. The predicted molar refractivity (Wildman–Crippen MR) is 69.1 cm³/mol. The zero-order valence-corrected chi connectivity index (χ0v) is 12.1. The number of amides is 1. The van der Waals surface area contributed by atoms with E-state index >= 15 is 0 Å². The molecule has 5 nitrogen and oxygen atoms in total. The molecular formula is C12H20ClNO4. The predicted octanol–water partition coefficient (Wildman–Crippen LogP) is 2.79. The van der Waals surface area contributed by atoms with Gasteiger partial charge in [-0.3, -0.25) is 0 Å². The van der Waals surface area contributed by atoms with Crippen molar-refractivity contribution in [2.24, 2.45) is 5.92 Å². The first-order chi connectivity index (χ1) is 8.03. The summed E-state index contributed by atoms with van der Waals surface area (Å²) < 4.78 is 9.73. The summed E-state index contributed by atoms with van der Waals surface area (Å²) in [6.07, 6.45) is -0.682. The second-order valence-corrected chi connectivity index (χ2v) is 5.57. The molecule has 1 atom stereocenters. The van der Waals surface area contributed by atoms with E-state index in [-0.39, 0.29) is 11.1 Å². The lowest BCUT2D eigenvalue weighted by Gasteiger charge is -2.24. The van der Waals surface area contributed by atoms with Crippen LogP contribution >= 0.6 is 11.6 Å². The molecule has 18 heavy (non-hydrogen) atoms. The molecule has 0 aliphatic rings. The van der Waals surface area contributed by atoms with Crippen LogP contribution < -0.4 is 5.32 Å². The molecule has 0 spiro atoms. The van der Waals surface area contributed by atoms with Gasteiger partial charge in [0.2, 0.25) is 0 Å². The summed E-state index contributed by atoms with van der Waals surface area (Å²) in [4.78, 5) is 23.2. The number of hydrogen-bond acceptors (Lipinski definition) is 4. The van der Waals surface area contributed by atoms with Crippen LogP contribution in [-0.4, -0.2) is 23.7 Å². The van der Waals surface area contributed by atoms with E-state index in [1.54, 1.807) is 34.6 Å². The first-order valence-corrected chi connectivity index (χ1v) is 5.96. The van der Waals surface area contributed by atoms with Gasteiger partial charge < -0.3 is 14.8 Å². The van der Waals surface area contributed by atoms with Crippen molar-refractivity contribution in [1.82, 2.24) is 5.32 Å². The van der Waals surface area contributed by atoms with E-state index in [4.69, 9.17) is 16.3 Å². The van der Waals surface area contributed by atoms with Crippen molar-refractivity contribution < 1.29 is 19.1 Å². The van der Waals surface area contributed by atoms with Crippen molar-refractivity contribution in [3.05, 3.63) is 11.8 Å². The molecule has 0 aliphatic carbocycles. The summed E-state index contributed by atoms with van der Waals surface area (Å²) in [6, 6.07) is -0.838. The van der Waals surface area contributed by atoms with Crippen LogP contribution in [0.3, 0.4) is 0 Å². The van der Waals surface area contributed by atoms with Gasteiger partial charge in [0, 0.05) is 0 Å². The summed E-state index contributed by atoms with van der Waals surface area (Å²) in [5.74, 6) is -0.836. The summed E-state index contributed by atoms with van der Waals surface area (Å²) in [5.41, 5.74) is -0.633. The van der Waals surface area contributed by atoms with E-state index in [1.165, 1.54) is 0 Å². The Labute approximate surface area is 112 Å². The van der Waals surface area contributed by atoms with Crippen molar-refractivity contribution in [2.75, 3.05) is 0 Å². The number of ether oxygens (including phenoxy) is 2. The number of alkyl carbamates (subject to hydrolysis) is 1. The average molecular weight is 278 g/mol. The number of carbonyl (C=O) groups excluding carboxylic acids is 2. The summed E-state index contributed by atoms with van der Waals surface area (Å²) in [6.45, 7) is 12.0. The molecule has 0 heterocycles. The van der Waals surface area contributed by atoms with Crippen LogP contribution in [-0.2, 0) is 14.3 Å². The first-order valence-electron chi connectivity index (χ1n) is 5.58. The van der Waals surface area contributed by atoms with Gasteiger partial charge in [-0.05, 0) is 44.9 Å². The lowest BCUT2D eigenvalue weighted by Crippen LogP contribution is -2.46. The Hall–Kier alpha value is -1.23. The molecule has 0 rings (SSSR count). The number of rotatable bonds is 4. The zero-order valence-electron chi connectivity index (χ0n) is 11.4. The highest BCUT2D eigenvalue weighted by Crippen LogP contribution is 2.11. The molecule has 6 heteroatoms. The number of esters is 1. The third-order valence-electron chi connectivity index (χ3n) is 1.80. The summed E-state index contributed by atoms with van der Waals surface area (Å²) >= 11 is 5.38. The number of carbonyl (C=O) groups is 2. The molecular weight excluding hydrogens is 258 g/mol. The fourth-order valence-electron chi connectivity index (χ4n) is 1.10. The highest BCUT2D eigenvalue weighted by Gasteiger charge is 2.28. The second-order valence-electron chi connectivity index (χ2n) is 5.14. The van der Waals surface area contributed by atoms with Crippen molar-refractivity contribution in [3.8, 4) is 0 Å². The van der Waals surface area contributed by atoms with Crippen LogP contribution in [0.1, 0.15) is 34.6 Å². The van der Waals surface area contributed by atoms with E-state index in [9.17, 15) is 9.59 Å². The van der Waals surface area contributed by atoms with Crippen LogP contribution in [0.5, 0.6) is 0 Å². The number of hydrogen-bond donors (Lipinski definition) is 1. The summed E-state index contributed by atoms with van der Waals surface area (Å²) in [7, 11) is 0. The molecule has 0 aliphatic heterocycles. The molecule has 0 radical (unpaired) electrons. The smallest absolute Gasteiger partial charge is 0.408 e. The van der Waals surface area contributed by atoms with Crippen molar-refractivity contribution in [3.63, 3.8) is 0 Å². The SMILES string of the molecule is C=C(Cl)OC(=O)C(NC(=O)OC(C)(C)C)C(C)C. The fraction of sp³-hybridized carbons (Fsp3) is 0.667. The molecule has 0 saturated heterocycles. The van der Waals surface area contributed by atoms with Gasteiger partial charge in [0.05, 0.1) is 0 Å². The summed E-state index contributed by atoms with van der Waals surface area (Å²) in [5, 5.41) is 2.20. The normalized spacial score (nSPS) is 12.8. The van der Waals surface area contributed by atoms with Crippen LogP contribution in [0.15, 0.2) is 11.8 Å². The Balaban J connectivity index is 4.59. The highest BCUT2D eigenvalue weighted by atomic mass is 35.5. The molecule has 0 bridgehead atoms. The largest absolute Gasteiger partial charge is 0.444 e. The lowest BCUT2D eigenvalue weighted by atomic mass is 10.1. The van der Waals surface area contributed by atoms with Gasteiger partial charge in [-0.1, -0.05) is 13.8 Å². The van der Waals surface area contributed by atoms with Crippen LogP contribution in [0.25, 0.3) is 0 Å². The minimum Gasteiger partial charge on any atom is -0.444 e. The second kappa shape index (κ2) is 6.64. The Kier molecular flexibility index (Phi) is 6.18. The third kappa shape index (κ3) is 7.17. The van der Waals surface area contributed by atoms with E-state index in [0.717, 1.165) is 0 Å². The molecule has 0 aromatic carbocycles. The van der Waals surface area contributed by atoms with Gasteiger partial charge >= 0.3 is 12.1 Å². The third-order valence-corrected chi connectivity index (χ3v) is 1.88. The fourth-order valence-corrected chi connectivity index (χ4v) is 1.18. The number of halogens is 1. The van der Waals surface area contributed by atoms with Crippen molar-refractivity contribution in [2.45, 2.75) is 46.3 Å². The van der Waals surface area contributed by atoms with Crippen molar-refractivity contribution >= 4 is 23.7 Å². The van der Waals surface area contributed by atoms with Crippen LogP contribution in [0.2, 0.25) is 0 Å². The van der Waals surface area contributed by atoms with E-state index < -0.39 is 23.7 Å². The van der Waals surface area contributed by atoms with Crippen LogP contribution in [0, 0.1) is 5.92 Å². The van der Waals surface area contributed by atoms with Crippen molar-refractivity contribution in [1.29, 1.82) is 0 Å². The van der Waals surface area contributed by atoms with Gasteiger partial charge in [-0.25, -0.2) is 9.59 Å². The van der Waals surface area contributed by atoms with Gasteiger partial charge in [0.1, 0.15) is 11.6 Å². The standard InChI is InChI=1S/C12H20ClNO4/c1-7(2)9(10(15)17-8(3)13)14-11(16)18-12(4,5)6/h7,9H,3H2,1-2,4-6H3,(H,14,16). The first kappa shape index (κ1) is 16.8. The molecule has 0 fully saturated rings. The van der Waals surface area contributed by atoms with E-state index in [2.05, 4.69) is 16.6 Å². The molecule has 104 valence electrons. The van der Waals surface area contributed by atoms with Gasteiger partial charge in [-0.15, -0.1) is 0 Å². The van der Waals surface area contributed by atoms with Gasteiger partial charge in [0.25, 0.3) is 0 Å². The molecule has 1 N–H and O–H groups in total. The van der Waals surface area contributed by atoms with Gasteiger partial charge in [0.15, 0.2) is 5.22 Å². The Morgan fingerprint density at radius 1 is 1.28 bits per heavy atom. The topological polar surface area (TPSA) is 64.6 Å². The zero-order chi connectivity index (χ0) is 14.5. The molecule has 1 unspecified atom stereocenters. The minimum atomic E-state index is -0.838. The minimum absolute atomic E-state index is 0.166. The van der Waals surface area contributed by atoms with Crippen LogP contribution in [0.4, 0.5) is 4.79 Å². The Morgan fingerprint density at radius 3 is 2.11 bits per heavy atom. The quantitative estimate of drug-likeness (QED) is 0.634. The molecule has 0 aromatic heterocycles. The maximum Gasteiger partial charge on any atom is 0.408 e. The Bertz CT molecular complexity index is 333. The Morgan fingerprint density at radius 2 is 1.78 bits per heavy atom. The van der Waals surface area contributed by atoms with E-state index in [0.29, 0.717) is 0 Å². The molecule has 1 amide bonds. The highest BCUT2D eigenvalue weighted by molar-refractivity contribution is 6.28. The van der Waals surface area contributed by atoms with E-state index in [1.807, 2.05) is 0 Å². The molecule has 0 saturated carbocycles.